The second kappa shape index (κ2) is 6.06. The van der Waals surface area contributed by atoms with Gasteiger partial charge in [-0.3, -0.25) is 4.79 Å². The Bertz CT molecular complexity index is 447. The number of carbonyl (C=O) groups excluding carboxylic acids is 1. The first kappa shape index (κ1) is 15.5. The number of methoxy groups -OCH3 is 1. The summed E-state index contributed by atoms with van der Waals surface area (Å²) in [6, 6.07) is 5.84. The van der Waals surface area contributed by atoms with Crippen molar-refractivity contribution in [3.05, 3.63) is 29.3 Å². The molecule has 0 bridgehead atoms. The lowest BCUT2D eigenvalue weighted by atomic mass is 9.99. The molecule has 0 aliphatic rings. The largest absolute Gasteiger partial charge is 0.496 e. The predicted octanol–water partition coefficient (Wildman–Crippen LogP) is 2.21. The van der Waals surface area contributed by atoms with Crippen molar-refractivity contribution < 1.29 is 14.6 Å². The summed E-state index contributed by atoms with van der Waals surface area (Å²) in [5.74, 6) is 0.821. The van der Waals surface area contributed by atoms with E-state index in [1.165, 1.54) is 13.8 Å². The smallest absolute Gasteiger partial charge is 0.251 e. The minimum Gasteiger partial charge on any atom is -0.496 e. The second-order valence-electron chi connectivity index (χ2n) is 5.47. The van der Waals surface area contributed by atoms with E-state index >= 15 is 0 Å². The molecule has 0 saturated carbocycles. The van der Waals surface area contributed by atoms with Crippen LogP contribution in [0.2, 0.25) is 0 Å². The minimum atomic E-state index is -1.35. The van der Waals surface area contributed by atoms with E-state index in [0.717, 1.165) is 16.9 Å². The number of nitrogens with one attached hydrogen (secondary N) is 1. The van der Waals surface area contributed by atoms with Crippen LogP contribution in [0, 0.1) is 0 Å². The SMILES string of the molecule is COc1ccc(CNC(=O)C(C)(C)O)cc1C(C)C. The van der Waals surface area contributed by atoms with Crippen LogP contribution in [0.3, 0.4) is 0 Å². The summed E-state index contributed by atoms with van der Waals surface area (Å²) < 4.78 is 5.31. The minimum absolute atomic E-state index is 0.347. The van der Waals surface area contributed by atoms with Gasteiger partial charge in [-0.05, 0) is 37.0 Å². The molecule has 1 rings (SSSR count). The van der Waals surface area contributed by atoms with Crippen molar-refractivity contribution in [2.75, 3.05) is 7.11 Å². The Morgan fingerprint density at radius 1 is 1.42 bits per heavy atom. The molecule has 19 heavy (non-hydrogen) atoms. The molecule has 0 atom stereocenters. The number of hydrogen-bond acceptors (Lipinski definition) is 3. The summed E-state index contributed by atoms with van der Waals surface area (Å²) in [6.07, 6.45) is 0. The van der Waals surface area contributed by atoms with E-state index in [9.17, 15) is 9.90 Å². The van der Waals surface area contributed by atoms with E-state index in [4.69, 9.17) is 4.74 Å². The zero-order chi connectivity index (χ0) is 14.6. The van der Waals surface area contributed by atoms with E-state index in [1.54, 1.807) is 7.11 Å². The number of carbonyl (C=O) groups is 1. The molecule has 0 heterocycles. The van der Waals surface area contributed by atoms with Crippen molar-refractivity contribution in [1.29, 1.82) is 0 Å². The van der Waals surface area contributed by atoms with Crippen LogP contribution < -0.4 is 10.1 Å². The van der Waals surface area contributed by atoms with Gasteiger partial charge in [0, 0.05) is 6.54 Å². The third-order valence-corrected chi connectivity index (χ3v) is 2.92. The summed E-state index contributed by atoms with van der Waals surface area (Å²) in [6.45, 7) is 7.52. The Labute approximate surface area is 114 Å². The Balaban J connectivity index is 2.81. The number of benzene rings is 1. The first-order valence-corrected chi connectivity index (χ1v) is 6.43. The molecule has 4 heteroatoms. The monoisotopic (exact) mass is 265 g/mol. The van der Waals surface area contributed by atoms with E-state index < -0.39 is 5.60 Å². The third kappa shape index (κ3) is 4.24. The molecule has 0 aliphatic carbocycles. The average Bonchev–Trinajstić information content (AvgIpc) is 2.34. The zero-order valence-corrected chi connectivity index (χ0v) is 12.3. The van der Waals surface area contributed by atoms with Gasteiger partial charge in [-0.25, -0.2) is 0 Å². The molecule has 0 unspecified atom stereocenters. The first-order chi connectivity index (χ1) is 8.75. The van der Waals surface area contributed by atoms with Gasteiger partial charge in [-0.1, -0.05) is 26.0 Å². The molecule has 1 amide bonds. The van der Waals surface area contributed by atoms with E-state index in [2.05, 4.69) is 19.2 Å². The molecular formula is C15H23NO3. The summed E-state index contributed by atoms with van der Waals surface area (Å²) in [5.41, 5.74) is 0.743. The van der Waals surface area contributed by atoms with Crippen LogP contribution in [0.4, 0.5) is 0 Å². The van der Waals surface area contributed by atoms with Crippen LogP contribution in [0.15, 0.2) is 18.2 Å². The van der Waals surface area contributed by atoms with Gasteiger partial charge in [0.15, 0.2) is 0 Å². The standard InChI is InChI=1S/C15H23NO3/c1-10(2)12-8-11(6-7-13(12)19-5)9-16-14(17)15(3,4)18/h6-8,10,18H,9H2,1-5H3,(H,16,17). The molecule has 0 radical (unpaired) electrons. The van der Waals surface area contributed by atoms with Gasteiger partial charge in [-0.15, -0.1) is 0 Å². The molecule has 1 aromatic carbocycles. The fourth-order valence-corrected chi connectivity index (χ4v) is 1.74. The van der Waals surface area contributed by atoms with E-state index in [-0.39, 0.29) is 5.91 Å². The zero-order valence-electron chi connectivity index (χ0n) is 12.3. The molecule has 0 spiro atoms. The Kier molecular flexibility index (Phi) is 4.95. The van der Waals surface area contributed by atoms with Crippen LogP contribution in [0.1, 0.15) is 44.7 Å². The van der Waals surface area contributed by atoms with Crippen LogP contribution in [-0.4, -0.2) is 23.7 Å². The number of ether oxygens (including phenoxy) is 1. The lowest BCUT2D eigenvalue weighted by Gasteiger charge is -2.18. The molecule has 0 fully saturated rings. The first-order valence-electron chi connectivity index (χ1n) is 6.43. The third-order valence-electron chi connectivity index (χ3n) is 2.92. The molecule has 4 nitrogen and oxygen atoms in total. The highest BCUT2D eigenvalue weighted by Crippen LogP contribution is 2.27. The lowest BCUT2D eigenvalue weighted by Crippen LogP contribution is -2.41. The Morgan fingerprint density at radius 2 is 2.05 bits per heavy atom. The van der Waals surface area contributed by atoms with Gasteiger partial charge < -0.3 is 15.2 Å². The quantitative estimate of drug-likeness (QED) is 0.858. The average molecular weight is 265 g/mol. The molecule has 106 valence electrons. The van der Waals surface area contributed by atoms with Gasteiger partial charge in [0.05, 0.1) is 7.11 Å². The normalized spacial score (nSPS) is 11.5. The highest BCUT2D eigenvalue weighted by Gasteiger charge is 2.23. The fraction of sp³-hybridized carbons (Fsp3) is 0.533. The van der Waals surface area contributed by atoms with Crippen LogP contribution in [0.25, 0.3) is 0 Å². The number of hydrogen-bond donors (Lipinski definition) is 2. The number of rotatable bonds is 5. The Morgan fingerprint density at radius 3 is 2.53 bits per heavy atom. The molecule has 0 aromatic heterocycles. The molecule has 1 aromatic rings. The Hall–Kier alpha value is -1.55. The number of aliphatic hydroxyl groups is 1. The summed E-state index contributed by atoms with van der Waals surface area (Å²) in [5, 5.41) is 12.3. The predicted molar refractivity (Wildman–Crippen MR) is 75.2 cm³/mol. The summed E-state index contributed by atoms with van der Waals surface area (Å²) in [4.78, 5) is 11.6. The van der Waals surface area contributed by atoms with Crippen molar-refractivity contribution in [3.63, 3.8) is 0 Å². The lowest BCUT2D eigenvalue weighted by molar-refractivity contribution is -0.136. The van der Waals surface area contributed by atoms with Gasteiger partial charge >= 0.3 is 0 Å². The van der Waals surface area contributed by atoms with E-state index in [0.29, 0.717) is 12.5 Å². The summed E-state index contributed by atoms with van der Waals surface area (Å²) >= 11 is 0. The van der Waals surface area contributed by atoms with Crippen LogP contribution >= 0.6 is 0 Å². The molecule has 0 saturated heterocycles. The van der Waals surface area contributed by atoms with Crippen molar-refractivity contribution in [2.24, 2.45) is 0 Å². The van der Waals surface area contributed by atoms with Crippen molar-refractivity contribution in [1.82, 2.24) is 5.32 Å². The van der Waals surface area contributed by atoms with Gasteiger partial charge in [0.2, 0.25) is 0 Å². The van der Waals surface area contributed by atoms with Crippen LogP contribution in [-0.2, 0) is 11.3 Å². The summed E-state index contributed by atoms with van der Waals surface area (Å²) in [7, 11) is 1.65. The topological polar surface area (TPSA) is 58.6 Å². The fourth-order valence-electron chi connectivity index (χ4n) is 1.74. The van der Waals surface area contributed by atoms with E-state index in [1.807, 2.05) is 18.2 Å². The maximum Gasteiger partial charge on any atom is 0.251 e. The maximum atomic E-state index is 11.6. The molecule has 0 aliphatic heterocycles. The van der Waals surface area contributed by atoms with Crippen molar-refractivity contribution in [3.8, 4) is 5.75 Å². The highest BCUT2D eigenvalue weighted by molar-refractivity contribution is 5.83. The maximum absolute atomic E-state index is 11.6. The number of amides is 1. The van der Waals surface area contributed by atoms with Crippen molar-refractivity contribution >= 4 is 5.91 Å². The van der Waals surface area contributed by atoms with Crippen molar-refractivity contribution in [2.45, 2.75) is 45.8 Å². The van der Waals surface area contributed by atoms with Gasteiger partial charge in [0.25, 0.3) is 5.91 Å². The second-order valence-corrected chi connectivity index (χ2v) is 5.47. The van der Waals surface area contributed by atoms with Crippen LogP contribution in [0.5, 0.6) is 5.75 Å². The highest BCUT2D eigenvalue weighted by atomic mass is 16.5. The molecular weight excluding hydrogens is 242 g/mol. The van der Waals surface area contributed by atoms with Gasteiger partial charge in [0.1, 0.15) is 11.4 Å². The molecule has 2 N–H and O–H groups in total. The van der Waals surface area contributed by atoms with Gasteiger partial charge in [-0.2, -0.15) is 0 Å².